The van der Waals surface area contributed by atoms with Crippen LogP contribution in [0.4, 0.5) is 0 Å². The first-order chi connectivity index (χ1) is 15.8. The monoisotopic (exact) mass is 445 g/mol. The van der Waals surface area contributed by atoms with E-state index in [1.165, 1.54) is 11.1 Å². The topological polar surface area (TPSA) is 71.5 Å². The van der Waals surface area contributed by atoms with Crippen LogP contribution in [0.1, 0.15) is 52.7 Å². The Labute approximate surface area is 195 Å². The largest absolute Gasteiger partial charge is 0.368 e. The first-order valence-electron chi connectivity index (χ1n) is 11.5. The molecule has 2 aromatic carbocycles. The maximum Gasteiger partial charge on any atom is 0.252 e. The van der Waals surface area contributed by atoms with E-state index < -0.39 is 0 Å². The minimum absolute atomic E-state index is 0.0253. The molecule has 6 heteroatoms. The molecule has 0 bridgehead atoms. The lowest BCUT2D eigenvalue weighted by atomic mass is 10.0. The fraction of sp³-hybridized carbons (Fsp3) is 0.370. The molecule has 6 nitrogen and oxygen atoms in total. The Balaban J connectivity index is 1.57. The van der Waals surface area contributed by atoms with Gasteiger partial charge in [0.25, 0.3) is 5.91 Å². The molecule has 2 heterocycles. The number of rotatable bonds is 5. The summed E-state index contributed by atoms with van der Waals surface area (Å²) in [4.78, 5) is 32.5. The van der Waals surface area contributed by atoms with Gasteiger partial charge in [0.2, 0.25) is 5.91 Å². The maximum atomic E-state index is 13.0. The molecule has 4 rings (SSSR count). The van der Waals surface area contributed by atoms with Crippen molar-refractivity contribution in [3.05, 3.63) is 76.5 Å². The number of ether oxygens (including phenoxy) is 1. The van der Waals surface area contributed by atoms with E-state index >= 15 is 0 Å². The molecule has 1 unspecified atom stereocenters. The van der Waals surface area contributed by atoms with Gasteiger partial charge in [0.1, 0.15) is 6.10 Å². The summed E-state index contributed by atoms with van der Waals surface area (Å²) in [6.45, 7) is 9.41. The third-order valence-electron chi connectivity index (χ3n) is 6.08. The zero-order chi connectivity index (χ0) is 23.5. The van der Waals surface area contributed by atoms with E-state index in [4.69, 9.17) is 9.72 Å². The number of aryl methyl sites for hydroxylation is 2. The van der Waals surface area contributed by atoms with Gasteiger partial charge in [-0.2, -0.15) is 0 Å². The molecule has 0 radical (unpaired) electrons. The summed E-state index contributed by atoms with van der Waals surface area (Å²) in [5.74, 6) is -0.0616. The van der Waals surface area contributed by atoms with E-state index in [1.54, 1.807) is 0 Å². The Bertz CT molecular complexity index is 1190. The Morgan fingerprint density at radius 3 is 2.67 bits per heavy atom. The van der Waals surface area contributed by atoms with Crippen molar-refractivity contribution < 1.29 is 14.3 Å². The van der Waals surface area contributed by atoms with Crippen molar-refractivity contribution in [3.63, 3.8) is 0 Å². The molecule has 33 heavy (non-hydrogen) atoms. The van der Waals surface area contributed by atoms with Crippen molar-refractivity contribution >= 4 is 22.7 Å². The van der Waals surface area contributed by atoms with Crippen LogP contribution >= 0.6 is 0 Å². The molecular formula is C27H31N3O3. The van der Waals surface area contributed by atoms with E-state index in [2.05, 4.69) is 31.3 Å². The van der Waals surface area contributed by atoms with Crippen LogP contribution in [0, 0.1) is 13.8 Å². The van der Waals surface area contributed by atoms with E-state index in [9.17, 15) is 9.59 Å². The smallest absolute Gasteiger partial charge is 0.252 e. The highest BCUT2D eigenvalue weighted by Crippen LogP contribution is 2.26. The SMILES string of the molecule is Cc1ccc(CC(=O)N2CCOC(c3cc(C(=O)NC(C)C)c4ccccc4n3)C2)cc1C. The molecule has 3 aromatic rings. The number of nitrogens with one attached hydrogen (secondary N) is 1. The minimum atomic E-state index is -0.377. The summed E-state index contributed by atoms with van der Waals surface area (Å²) < 4.78 is 6.01. The number of aromatic nitrogens is 1. The van der Waals surface area contributed by atoms with Crippen LogP contribution in [0.5, 0.6) is 0 Å². The highest BCUT2D eigenvalue weighted by Gasteiger charge is 2.28. The summed E-state index contributed by atoms with van der Waals surface area (Å²) >= 11 is 0. The lowest BCUT2D eigenvalue weighted by Gasteiger charge is -2.33. The first kappa shape index (κ1) is 22.9. The van der Waals surface area contributed by atoms with Gasteiger partial charge in [0, 0.05) is 18.0 Å². The minimum Gasteiger partial charge on any atom is -0.368 e. The number of carbonyl (C=O) groups excluding carboxylic acids is 2. The van der Waals surface area contributed by atoms with Crippen molar-refractivity contribution in [2.45, 2.75) is 46.3 Å². The number of morpholine rings is 1. The lowest BCUT2D eigenvalue weighted by molar-refractivity contribution is -0.138. The average Bonchev–Trinajstić information content (AvgIpc) is 2.80. The fourth-order valence-electron chi connectivity index (χ4n) is 4.14. The quantitative estimate of drug-likeness (QED) is 0.641. The molecule has 1 atom stereocenters. The van der Waals surface area contributed by atoms with Gasteiger partial charge >= 0.3 is 0 Å². The molecule has 1 fully saturated rings. The van der Waals surface area contributed by atoms with E-state index in [1.807, 2.05) is 55.1 Å². The van der Waals surface area contributed by atoms with Gasteiger partial charge < -0.3 is 15.0 Å². The maximum absolute atomic E-state index is 13.0. The predicted octanol–water partition coefficient (Wildman–Crippen LogP) is 4.13. The summed E-state index contributed by atoms with van der Waals surface area (Å²) in [6.07, 6.45) is -0.0150. The van der Waals surface area contributed by atoms with Gasteiger partial charge in [-0.15, -0.1) is 0 Å². The molecule has 1 aliphatic rings. The van der Waals surface area contributed by atoms with Crippen molar-refractivity contribution in [1.29, 1.82) is 0 Å². The molecule has 172 valence electrons. The van der Waals surface area contributed by atoms with Crippen LogP contribution in [-0.2, 0) is 16.0 Å². The Kier molecular flexibility index (Phi) is 6.75. The molecule has 0 saturated carbocycles. The van der Waals surface area contributed by atoms with Crippen LogP contribution in [0.3, 0.4) is 0 Å². The molecule has 1 saturated heterocycles. The zero-order valence-corrected chi connectivity index (χ0v) is 19.7. The molecule has 0 aliphatic carbocycles. The number of benzene rings is 2. The lowest BCUT2D eigenvalue weighted by Crippen LogP contribution is -2.43. The normalized spacial score (nSPS) is 16.3. The number of pyridine rings is 1. The van der Waals surface area contributed by atoms with Crippen LogP contribution in [-0.4, -0.2) is 47.4 Å². The second-order valence-corrected chi connectivity index (χ2v) is 9.03. The van der Waals surface area contributed by atoms with Gasteiger partial charge in [0.05, 0.1) is 36.3 Å². The summed E-state index contributed by atoms with van der Waals surface area (Å²) in [5.41, 5.74) is 5.41. The molecule has 1 aromatic heterocycles. The van der Waals surface area contributed by atoms with Crippen LogP contribution in [0.15, 0.2) is 48.5 Å². The van der Waals surface area contributed by atoms with Crippen molar-refractivity contribution in [3.8, 4) is 0 Å². The highest BCUT2D eigenvalue weighted by molar-refractivity contribution is 6.06. The molecular weight excluding hydrogens is 414 g/mol. The Morgan fingerprint density at radius 1 is 1.12 bits per heavy atom. The average molecular weight is 446 g/mol. The van der Waals surface area contributed by atoms with Crippen LogP contribution in [0.25, 0.3) is 10.9 Å². The van der Waals surface area contributed by atoms with Crippen LogP contribution < -0.4 is 5.32 Å². The second-order valence-electron chi connectivity index (χ2n) is 9.03. The third kappa shape index (κ3) is 5.22. The molecule has 1 aliphatic heterocycles. The van der Waals surface area contributed by atoms with Gasteiger partial charge in [-0.05, 0) is 56.5 Å². The number of hydrogen-bond donors (Lipinski definition) is 1. The van der Waals surface area contributed by atoms with E-state index in [0.717, 1.165) is 16.5 Å². The number of hydrogen-bond acceptors (Lipinski definition) is 4. The van der Waals surface area contributed by atoms with Crippen LogP contribution in [0.2, 0.25) is 0 Å². The van der Waals surface area contributed by atoms with Gasteiger partial charge in [-0.1, -0.05) is 36.4 Å². The summed E-state index contributed by atoms with van der Waals surface area (Å²) in [7, 11) is 0. The highest BCUT2D eigenvalue weighted by atomic mass is 16.5. The Morgan fingerprint density at radius 2 is 1.91 bits per heavy atom. The van der Waals surface area contributed by atoms with Gasteiger partial charge in [-0.3, -0.25) is 9.59 Å². The molecule has 2 amide bonds. The molecule has 0 spiro atoms. The summed E-state index contributed by atoms with van der Waals surface area (Å²) in [5, 5.41) is 3.78. The Hall–Kier alpha value is -3.25. The van der Waals surface area contributed by atoms with Gasteiger partial charge in [-0.25, -0.2) is 4.98 Å². The number of amides is 2. The number of nitrogens with zero attached hydrogens (tertiary/aromatic N) is 2. The zero-order valence-electron chi connectivity index (χ0n) is 19.7. The summed E-state index contributed by atoms with van der Waals surface area (Å²) in [6, 6.07) is 15.6. The van der Waals surface area contributed by atoms with E-state index in [0.29, 0.717) is 37.4 Å². The predicted molar refractivity (Wildman–Crippen MR) is 129 cm³/mol. The molecule has 1 N–H and O–H groups in total. The fourth-order valence-corrected chi connectivity index (χ4v) is 4.14. The van der Waals surface area contributed by atoms with Crippen molar-refractivity contribution in [1.82, 2.24) is 15.2 Å². The third-order valence-corrected chi connectivity index (χ3v) is 6.08. The van der Waals surface area contributed by atoms with Crippen molar-refractivity contribution in [2.75, 3.05) is 19.7 Å². The number of para-hydroxylation sites is 1. The standard InChI is InChI=1S/C27H31N3O3/c1-17(2)28-27(32)22-15-24(29-23-8-6-5-7-21(22)23)25-16-30(11-12-33-25)26(31)14-20-10-9-18(3)19(4)13-20/h5-10,13,15,17,25H,11-12,14,16H2,1-4H3,(H,28,32). The van der Waals surface area contributed by atoms with Gasteiger partial charge in [0.15, 0.2) is 0 Å². The van der Waals surface area contributed by atoms with E-state index in [-0.39, 0.29) is 24.0 Å². The second kappa shape index (κ2) is 9.71. The number of carbonyl (C=O) groups is 2. The number of fused-ring (bicyclic) bond motifs is 1. The first-order valence-corrected chi connectivity index (χ1v) is 11.5. The van der Waals surface area contributed by atoms with Crippen molar-refractivity contribution in [2.24, 2.45) is 0 Å².